The van der Waals surface area contributed by atoms with E-state index < -0.39 is 15.7 Å². The summed E-state index contributed by atoms with van der Waals surface area (Å²) in [4.78, 5) is 0.00928. The minimum Gasteiger partial charge on any atom is -0.396 e. The zero-order chi connectivity index (χ0) is 14.9. The number of nitrogens with one attached hydrogen (secondary N) is 1. The van der Waals surface area contributed by atoms with Crippen LogP contribution in [-0.4, -0.2) is 14.7 Å². The van der Waals surface area contributed by atoms with Gasteiger partial charge in [0.15, 0.2) is 9.84 Å². The second-order valence-corrected chi connectivity index (χ2v) is 6.63. The lowest BCUT2D eigenvalue weighted by Gasteiger charge is -2.13. The lowest BCUT2D eigenvalue weighted by Crippen LogP contribution is -2.05. The van der Waals surface area contributed by atoms with E-state index in [4.69, 9.17) is 17.3 Å². The molecule has 106 valence electrons. The molecule has 0 unspecified atom stereocenters. The summed E-state index contributed by atoms with van der Waals surface area (Å²) in [5, 5.41) is 3.13. The average molecular weight is 315 g/mol. The van der Waals surface area contributed by atoms with Crippen molar-refractivity contribution in [3.05, 3.63) is 47.2 Å². The van der Waals surface area contributed by atoms with Crippen molar-refractivity contribution in [2.45, 2.75) is 4.90 Å². The topological polar surface area (TPSA) is 72.2 Å². The summed E-state index contributed by atoms with van der Waals surface area (Å²) in [6.07, 6.45) is 1.07. The third-order valence-corrected chi connectivity index (χ3v) is 4.15. The summed E-state index contributed by atoms with van der Waals surface area (Å²) in [6, 6.07) is 8.37. The van der Waals surface area contributed by atoms with Crippen molar-refractivity contribution < 1.29 is 12.8 Å². The predicted molar refractivity (Wildman–Crippen MR) is 78.7 cm³/mol. The fraction of sp³-hybridized carbons (Fsp3) is 0.0769. The first-order valence-corrected chi connectivity index (χ1v) is 7.86. The largest absolute Gasteiger partial charge is 0.396 e. The van der Waals surface area contributed by atoms with Crippen molar-refractivity contribution in [2.75, 3.05) is 17.3 Å². The second kappa shape index (κ2) is 5.30. The van der Waals surface area contributed by atoms with Crippen LogP contribution in [0, 0.1) is 5.82 Å². The molecule has 0 spiro atoms. The van der Waals surface area contributed by atoms with E-state index in [-0.39, 0.29) is 10.6 Å². The highest BCUT2D eigenvalue weighted by molar-refractivity contribution is 7.90. The third kappa shape index (κ3) is 3.02. The highest BCUT2D eigenvalue weighted by Gasteiger charge is 2.14. The smallest absolute Gasteiger partial charge is 0.177 e. The van der Waals surface area contributed by atoms with Crippen molar-refractivity contribution in [3.63, 3.8) is 0 Å². The van der Waals surface area contributed by atoms with Crippen LogP contribution in [-0.2, 0) is 9.84 Å². The molecule has 7 heteroatoms. The standard InChI is InChI=1S/C13H12ClFN2O2S/c1-20(18,19)12-4-2-3-10(13(12)16)17-11-7-8(15)5-6-9(11)14/h2-7,17H,16H2,1H3. The van der Waals surface area contributed by atoms with Gasteiger partial charge in [0.2, 0.25) is 0 Å². The number of rotatable bonds is 3. The van der Waals surface area contributed by atoms with Gasteiger partial charge < -0.3 is 11.1 Å². The molecule has 0 aliphatic heterocycles. The Balaban J connectivity index is 2.47. The molecule has 0 fully saturated rings. The van der Waals surface area contributed by atoms with Crippen LogP contribution < -0.4 is 11.1 Å². The summed E-state index contributed by atoms with van der Waals surface area (Å²) in [6.45, 7) is 0. The zero-order valence-corrected chi connectivity index (χ0v) is 12.1. The normalized spacial score (nSPS) is 11.3. The van der Waals surface area contributed by atoms with Crippen LogP contribution in [0.5, 0.6) is 0 Å². The maximum atomic E-state index is 13.2. The second-order valence-electron chi connectivity index (χ2n) is 4.24. The highest BCUT2D eigenvalue weighted by atomic mass is 35.5. The van der Waals surface area contributed by atoms with E-state index in [1.54, 1.807) is 12.1 Å². The average Bonchev–Trinajstić information content (AvgIpc) is 2.35. The number of sulfone groups is 1. The monoisotopic (exact) mass is 314 g/mol. The molecule has 0 bridgehead atoms. The number of anilines is 3. The number of hydrogen-bond acceptors (Lipinski definition) is 4. The predicted octanol–water partition coefficient (Wildman–Crippen LogP) is 3.21. The number of benzene rings is 2. The van der Waals surface area contributed by atoms with Crippen LogP contribution >= 0.6 is 11.6 Å². The maximum absolute atomic E-state index is 13.2. The Kier molecular flexibility index (Phi) is 3.87. The third-order valence-electron chi connectivity index (χ3n) is 2.66. The van der Waals surface area contributed by atoms with E-state index in [1.807, 2.05) is 0 Å². The SMILES string of the molecule is CS(=O)(=O)c1cccc(Nc2cc(F)ccc2Cl)c1N. The first-order valence-electron chi connectivity index (χ1n) is 5.59. The van der Waals surface area contributed by atoms with E-state index >= 15 is 0 Å². The van der Waals surface area contributed by atoms with Crippen LogP contribution in [0.3, 0.4) is 0 Å². The molecule has 0 aromatic heterocycles. The quantitative estimate of drug-likeness (QED) is 0.853. The molecule has 2 rings (SSSR count). The zero-order valence-electron chi connectivity index (χ0n) is 10.5. The summed E-state index contributed by atoms with van der Waals surface area (Å²) < 4.78 is 36.4. The summed E-state index contributed by atoms with van der Waals surface area (Å²) >= 11 is 5.94. The van der Waals surface area contributed by atoms with Gasteiger partial charge in [-0.2, -0.15) is 0 Å². The summed E-state index contributed by atoms with van der Waals surface area (Å²) in [5.74, 6) is -0.463. The van der Waals surface area contributed by atoms with Gasteiger partial charge >= 0.3 is 0 Å². The first kappa shape index (κ1) is 14.6. The molecular weight excluding hydrogens is 303 g/mol. The van der Waals surface area contributed by atoms with Gasteiger partial charge in [0.1, 0.15) is 5.82 Å². The van der Waals surface area contributed by atoms with E-state index in [2.05, 4.69) is 5.32 Å². The number of hydrogen-bond donors (Lipinski definition) is 2. The van der Waals surface area contributed by atoms with Gasteiger partial charge in [-0.15, -0.1) is 0 Å². The Hall–Kier alpha value is -1.79. The molecule has 0 radical (unpaired) electrons. The minimum atomic E-state index is -3.44. The summed E-state index contributed by atoms with van der Waals surface area (Å²) in [7, 11) is -3.44. The summed E-state index contributed by atoms with van der Waals surface area (Å²) in [5.41, 5.74) is 6.55. The van der Waals surface area contributed by atoms with Crippen molar-refractivity contribution in [3.8, 4) is 0 Å². The molecule has 0 aliphatic rings. The molecule has 0 amide bonds. The van der Waals surface area contributed by atoms with Crippen molar-refractivity contribution in [1.29, 1.82) is 0 Å². The van der Waals surface area contributed by atoms with Crippen LogP contribution in [0.1, 0.15) is 0 Å². The Morgan fingerprint density at radius 3 is 2.55 bits per heavy atom. The molecular formula is C13H12ClFN2O2S. The van der Waals surface area contributed by atoms with E-state index in [1.165, 1.54) is 24.3 Å². The number of nitrogens with two attached hydrogens (primary N) is 1. The van der Waals surface area contributed by atoms with Gasteiger partial charge in [0.25, 0.3) is 0 Å². The van der Waals surface area contributed by atoms with E-state index in [9.17, 15) is 12.8 Å². The van der Waals surface area contributed by atoms with Crippen LogP contribution in [0.25, 0.3) is 0 Å². The van der Waals surface area contributed by atoms with Crippen molar-refractivity contribution >= 4 is 38.5 Å². The van der Waals surface area contributed by atoms with Gasteiger partial charge in [-0.25, -0.2) is 12.8 Å². The Morgan fingerprint density at radius 1 is 1.20 bits per heavy atom. The number of para-hydroxylation sites is 1. The van der Waals surface area contributed by atoms with Crippen LogP contribution in [0.15, 0.2) is 41.3 Å². The lowest BCUT2D eigenvalue weighted by molar-refractivity contribution is 0.602. The molecule has 0 saturated heterocycles. The fourth-order valence-electron chi connectivity index (χ4n) is 1.71. The molecule has 0 atom stereocenters. The van der Waals surface area contributed by atoms with Gasteiger partial charge in [-0.1, -0.05) is 17.7 Å². The molecule has 0 heterocycles. The van der Waals surface area contributed by atoms with Gasteiger partial charge in [-0.3, -0.25) is 0 Å². The van der Waals surface area contributed by atoms with Gasteiger partial charge in [-0.05, 0) is 30.3 Å². The van der Waals surface area contributed by atoms with Crippen LogP contribution in [0.2, 0.25) is 5.02 Å². The molecule has 4 nitrogen and oxygen atoms in total. The van der Waals surface area contributed by atoms with Crippen LogP contribution in [0.4, 0.5) is 21.5 Å². The van der Waals surface area contributed by atoms with E-state index in [0.717, 1.165) is 6.26 Å². The molecule has 0 saturated carbocycles. The number of nitrogen functional groups attached to an aromatic ring is 1. The molecule has 3 N–H and O–H groups in total. The van der Waals surface area contributed by atoms with Crippen molar-refractivity contribution in [1.82, 2.24) is 0 Å². The Labute approximate surface area is 121 Å². The fourth-order valence-corrected chi connectivity index (χ4v) is 2.71. The maximum Gasteiger partial charge on any atom is 0.177 e. The number of halogens is 2. The minimum absolute atomic E-state index is 0.00928. The molecule has 20 heavy (non-hydrogen) atoms. The van der Waals surface area contributed by atoms with Gasteiger partial charge in [0.05, 0.1) is 27.0 Å². The van der Waals surface area contributed by atoms with Gasteiger partial charge in [0, 0.05) is 6.26 Å². The first-order chi connectivity index (χ1) is 9.29. The molecule has 2 aromatic rings. The molecule has 0 aliphatic carbocycles. The lowest BCUT2D eigenvalue weighted by atomic mass is 10.2. The van der Waals surface area contributed by atoms with Crippen molar-refractivity contribution in [2.24, 2.45) is 0 Å². The Morgan fingerprint density at radius 2 is 1.90 bits per heavy atom. The molecule has 2 aromatic carbocycles. The Bertz CT molecular complexity index is 763. The van der Waals surface area contributed by atoms with E-state index in [0.29, 0.717) is 16.4 Å². The highest BCUT2D eigenvalue weighted by Crippen LogP contribution is 2.32.